The summed E-state index contributed by atoms with van der Waals surface area (Å²) in [6.45, 7) is 7.13. The van der Waals surface area contributed by atoms with Crippen LogP contribution in [0.25, 0.3) is 0 Å². The molecular weight excluding hydrogens is 304 g/mol. The van der Waals surface area contributed by atoms with E-state index in [4.69, 9.17) is 4.74 Å². The van der Waals surface area contributed by atoms with E-state index < -0.39 is 16.0 Å². The molecule has 6 nitrogen and oxygen atoms in total. The van der Waals surface area contributed by atoms with Crippen molar-refractivity contribution in [2.75, 3.05) is 39.8 Å². The number of nitrogens with zero attached hydrogens (tertiary/aromatic N) is 2. The summed E-state index contributed by atoms with van der Waals surface area (Å²) in [6, 6.07) is 4.59. The number of likely N-dealkylation sites (N-methyl/N-ethyl adjacent to an activating group) is 1. The van der Waals surface area contributed by atoms with Crippen molar-refractivity contribution >= 4 is 16.0 Å². The lowest BCUT2D eigenvalue weighted by Crippen LogP contribution is -2.48. The quantitative estimate of drug-likeness (QED) is 0.776. The van der Waals surface area contributed by atoms with E-state index in [1.54, 1.807) is 19.1 Å². The predicted molar refractivity (Wildman–Crippen MR) is 83.4 cm³/mol. The molecule has 0 radical (unpaired) electrons. The molecule has 22 heavy (non-hydrogen) atoms. The van der Waals surface area contributed by atoms with Crippen LogP contribution in [0.1, 0.15) is 22.8 Å². The van der Waals surface area contributed by atoms with Crippen LogP contribution in [0.15, 0.2) is 23.1 Å². The van der Waals surface area contributed by atoms with Gasteiger partial charge >= 0.3 is 5.97 Å². The number of benzene rings is 1. The molecule has 122 valence electrons. The third-order valence-corrected chi connectivity index (χ3v) is 5.93. The maximum atomic E-state index is 12.7. The summed E-state index contributed by atoms with van der Waals surface area (Å²) in [5.74, 6) is -0.523. The van der Waals surface area contributed by atoms with Crippen LogP contribution < -0.4 is 0 Å². The molecule has 0 N–H and O–H groups in total. The molecule has 0 atom stereocenters. The Kier molecular flexibility index (Phi) is 5.20. The van der Waals surface area contributed by atoms with Gasteiger partial charge in [-0.25, -0.2) is 13.2 Å². The van der Waals surface area contributed by atoms with Gasteiger partial charge in [-0.3, -0.25) is 0 Å². The number of piperazine rings is 1. The fourth-order valence-electron chi connectivity index (χ4n) is 2.53. The first-order valence-electron chi connectivity index (χ1n) is 7.31. The highest BCUT2D eigenvalue weighted by Gasteiger charge is 2.28. The van der Waals surface area contributed by atoms with Crippen LogP contribution in [-0.2, 0) is 14.8 Å². The van der Waals surface area contributed by atoms with Gasteiger partial charge in [-0.1, -0.05) is 13.0 Å². The number of carbonyl (C=O) groups is 1. The van der Waals surface area contributed by atoms with Gasteiger partial charge in [0.1, 0.15) is 0 Å². The highest BCUT2D eigenvalue weighted by atomic mass is 32.2. The summed E-state index contributed by atoms with van der Waals surface area (Å²) >= 11 is 0. The lowest BCUT2D eigenvalue weighted by molar-refractivity contribution is 0.0599. The highest BCUT2D eigenvalue weighted by Crippen LogP contribution is 2.21. The van der Waals surface area contributed by atoms with Crippen LogP contribution in [0, 0.1) is 6.92 Å². The fraction of sp³-hybridized carbons (Fsp3) is 0.533. The van der Waals surface area contributed by atoms with E-state index in [-0.39, 0.29) is 10.5 Å². The molecule has 0 amide bonds. The highest BCUT2D eigenvalue weighted by molar-refractivity contribution is 7.89. The molecule has 1 fully saturated rings. The van der Waals surface area contributed by atoms with E-state index in [0.29, 0.717) is 18.7 Å². The summed E-state index contributed by atoms with van der Waals surface area (Å²) < 4.78 is 31.6. The SMILES string of the molecule is CCN1CCN(S(=O)(=O)c2ccc(C)c(C(=O)OC)c2)CC1. The molecular formula is C15H22N2O4S. The minimum atomic E-state index is -3.58. The number of sulfonamides is 1. The molecule has 1 aromatic rings. The number of ether oxygens (including phenoxy) is 1. The van der Waals surface area contributed by atoms with Gasteiger partial charge in [0.05, 0.1) is 17.6 Å². The van der Waals surface area contributed by atoms with Crippen LogP contribution in [0.5, 0.6) is 0 Å². The lowest BCUT2D eigenvalue weighted by atomic mass is 10.1. The second-order valence-corrected chi connectivity index (χ2v) is 7.24. The summed E-state index contributed by atoms with van der Waals surface area (Å²) in [5, 5.41) is 0. The molecule has 0 unspecified atom stereocenters. The zero-order valence-electron chi connectivity index (χ0n) is 13.2. The third-order valence-electron chi connectivity index (χ3n) is 4.03. The second kappa shape index (κ2) is 6.76. The number of hydrogen-bond donors (Lipinski definition) is 0. The maximum absolute atomic E-state index is 12.7. The molecule has 1 heterocycles. The average molecular weight is 326 g/mol. The van der Waals surface area contributed by atoms with Crippen LogP contribution in [-0.4, -0.2) is 63.4 Å². The number of hydrogen-bond acceptors (Lipinski definition) is 5. The van der Waals surface area contributed by atoms with E-state index in [2.05, 4.69) is 11.8 Å². The molecule has 0 bridgehead atoms. The third kappa shape index (κ3) is 3.31. The van der Waals surface area contributed by atoms with E-state index in [1.807, 2.05) is 0 Å². The maximum Gasteiger partial charge on any atom is 0.338 e. The van der Waals surface area contributed by atoms with Gasteiger partial charge in [0.2, 0.25) is 10.0 Å². The molecule has 2 rings (SSSR count). The first-order valence-corrected chi connectivity index (χ1v) is 8.75. The predicted octanol–water partition coefficient (Wildman–Crippen LogP) is 1.11. The van der Waals surface area contributed by atoms with Crippen molar-refractivity contribution in [3.8, 4) is 0 Å². The summed E-state index contributed by atoms with van der Waals surface area (Å²) in [6.07, 6.45) is 0. The monoisotopic (exact) mass is 326 g/mol. The van der Waals surface area contributed by atoms with Crippen LogP contribution in [0.4, 0.5) is 0 Å². The van der Waals surface area contributed by atoms with E-state index in [0.717, 1.165) is 19.6 Å². The minimum absolute atomic E-state index is 0.142. The Bertz CT molecular complexity index is 650. The summed E-state index contributed by atoms with van der Waals surface area (Å²) in [4.78, 5) is 14.1. The number of esters is 1. The smallest absolute Gasteiger partial charge is 0.338 e. The molecule has 1 aliphatic heterocycles. The van der Waals surface area contributed by atoms with Crippen molar-refractivity contribution in [2.45, 2.75) is 18.7 Å². The van der Waals surface area contributed by atoms with Gasteiger partial charge in [-0.2, -0.15) is 4.31 Å². The van der Waals surface area contributed by atoms with Crippen molar-refractivity contribution in [1.82, 2.24) is 9.21 Å². The van der Waals surface area contributed by atoms with Gasteiger partial charge in [0, 0.05) is 26.2 Å². The van der Waals surface area contributed by atoms with E-state index >= 15 is 0 Å². The van der Waals surface area contributed by atoms with Gasteiger partial charge in [-0.05, 0) is 31.2 Å². The van der Waals surface area contributed by atoms with Gasteiger partial charge in [0.15, 0.2) is 0 Å². The van der Waals surface area contributed by atoms with Crippen molar-refractivity contribution < 1.29 is 17.9 Å². The molecule has 0 saturated carbocycles. The number of rotatable bonds is 4. The summed E-state index contributed by atoms with van der Waals surface area (Å²) in [5.41, 5.74) is 0.984. The summed E-state index contributed by atoms with van der Waals surface area (Å²) in [7, 11) is -2.29. The molecule has 0 aromatic heterocycles. The van der Waals surface area contributed by atoms with Crippen LogP contribution in [0.3, 0.4) is 0 Å². The van der Waals surface area contributed by atoms with Gasteiger partial charge in [-0.15, -0.1) is 0 Å². The zero-order chi connectivity index (χ0) is 16.3. The standard InChI is InChI=1S/C15H22N2O4S/c1-4-16-7-9-17(10-8-16)22(19,20)13-6-5-12(2)14(11-13)15(18)21-3/h5-6,11H,4,7-10H2,1-3H3. The zero-order valence-corrected chi connectivity index (χ0v) is 14.0. The minimum Gasteiger partial charge on any atom is -0.465 e. The van der Waals surface area contributed by atoms with Gasteiger partial charge < -0.3 is 9.64 Å². The molecule has 0 aliphatic carbocycles. The van der Waals surface area contributed by atoms with Crippen molar-refractivity contribution in [1.29, 1.82) is 0 Å². The molecule has 1 aromatic carbocycles. The first kappa shape index (κ1) is 16.9. The normalized spacial score (nSPS) is 17.4. The Hall–Kier alpha value is -1.44. The first-order chi connectivity index (χ1) is 10.4. The largest absolute Gasteiger partial charge is 0.465 e. The molecule has 0 spiro atoms. The Morgan fingerprint density at radius 1 is 1.23 bits per heavy atom. The number of aryl methyl sites for hydroxylation is 1. The average Bonchev–Trinajstić information content (AvgIpc) is 2.54. The Morgan fingerprint density at radius 3 is 2.41 bits per heavy atom. The van der Waals surface area contributed by atoms with Crippen molar-refractivity contribution in [2.24, 2.45) is 0 Å². The topological polar surface area (TPSA) is 66.9 Å². The Morgan fingerprint density at radius 2 is 1.86 bits per heavy atom. The second-order valence-electron chi connectivity index (χ2n) is 5.31. The molecule has 7 heteroatoms. The van der Waals surface area contributed by atoms with Crippen molar-refractivity contribution in [3.63, 3.8) is 0 Å². The Balaban J connectivity index is 2.28. The van der Waals surface area contributed by atoms with E-state index in [9.17, 15) is 13.2 Å². The van der Waals surface area contributed by atoms with Crippen LogP contribution >= 0.6 is 0 Å². The fourth-order valence-corrected chi connectivity index (χ4v) is 3.98. The Labute approximate surface area is 131 Å². The lowest BCUT2D eigenvalue weighted by Gasteiger charge is -2.33. The van der Waals surface area contributed by atoms with Crippen molar-refractivity contribution in [3.05, 3.63) is 29.3 Å². The van der Waals surface area contributed by atoms with Crippen LogP contribution in [0.2, 0.25) is 0 Å². The number of carbonyl (C=O) groups excluding carboxylic acids is 1. The molecule has 1 aliphatic rings. The van der Waals surface area contributed by atoms with Gasteiger partial charge in [0.25, 0.3) is 0 Å². The van der Waals surface area contributed by atoms with E-state index in [1.165, 1.54) is 17.5 Å². The molecule has 1 saturated heterocycles. The number of methoxy groups -OCH3 is 1.